The Bertz CT molecular complexity index is 1520. The molecule has 1 unspecified atom stereocenters. The molecule has 0 fully saturated rings. The van der Waals surface area contributed by atoms with E-state index in [1.165, 1.54) is 5.06 Å². The van der Waals surface area contributed by atoms with E-state index in [1.807, 2.05) is 70.2 Å². The van der Waals surface area contributed by atoms with Gasteiger partial charge in [0.05, 0.1) is 5.56 Å². The summed E-state index contributed by atoms with van der Waals surface area (Å²) >= 11 is -1.74. The number of phenols is 2. The zero-order chi connectivity index (χ0) is 30.1. The summed E-state index contributed by atoms with van der Waals surface area (Å²) in [6.07, 6.45) is 0. The van der Waals surface area contributed by atoms with Gasteiger partial charge < -0.3 is 25.7 Å². The van der Waals surface area contributed by atoms with Crippen LogP contribution in [0.25, 0.3) is 21.5 Å². The Morgan fingerprint density at radius 2 is 1.27 bits per heavy atom. The predicted octanol–water partition coefficient (Wildman–Crippen LogP) is 5.95. The summed E-state index contributed by atoms with van der Waals surface area (Å²) in [5.41, 5.74) is 2.26. The standard InChI is InChI=1S/C17H22N2O2.C14H18N2O3S/c1-4-18-15-9-7-8-13-12(15)10-11-14(16(13)20)17(21)19(5-2)6-3;1-4-15-12-7-5-6-11-10(12)8-9-13(14(11)17)20(18)19-16(2)3/h7-11,18,20H,4-6H2,1-3H3;5-9,15,17H,4H2,1-3H3. The van der Waals surface area contributed by atoms with Crippen molar-refractivity contribution in [1.82, 2.24) is 9.96 Å². The van der Waals surface area contributed by atoms with E-state index in [0.717, 1.165) is 35.2 Å². The number of nitrogens with zero attached hydrogens (tertiary/aromatic N) is 2. The zero-order valence-corrected chi connectivity index (χ0v) is 25.3. The number of carbonyl (C=O) groups excluding carboxylic acids is 1. The van der Waals surface area contributed by atoms with Crippen LogP contribution in [0.15, 0.2) is 65.6 Å². The van der Waals surface area contributed by atoms with Crippen molar-refractivity contribution in [3.05, 3.63) is 66.2 Å². The van der Waals surface area contributed by atoms with Crippen molar-refractivity contribution in [2.75, 3.05) is 50.9 Å². The van der Waals surface area contributed by atoms with Gasteiger partial charge in [-0.05, 0) is 52.0 Å². The van der Waals surface area contributed by atoms with Crippen molar-refractivity contribution >= 4 is 49.9 Å². The van der Waals surface area contributed by atoms with E-state index in [9.17, 15) is 19.2 Å². The largest absolute Gasteiger partial charge is 0.506 e. The Labute approximate surface area is 244 Å². The Balaban J connectivity index is 0.000000226. The molecule has 0 aliphatic carbocycles. The lowest BCUT2D eigenvalue weighted by atomic mass is 10.0. The molecule has 1 amide bonds. The second-order valence-corrected chi connectivity index (χ2v) is 10.4. The summed E-state index contributed by atoms with van der Waals surface area (Å²) in [6.45, 7) is 10.8. The Hall–Kier alpha value is -3.86. The van der Waals surface area contributed by atoms with Gasteiger partial charge in [0.25, 0.3) is 5.91 Å². The molecule has 4 aromatic carbocycles. The second kappa shape index (κ2) is 14.7. The number of nitrogens with one attached hydrogen (secondary N) is 2. The summed E-state index contributed by atoms with van der Waals surface area (Å²) in [5, 5.41) is 31.8. The molecule has 4 aromatic rings. The summed E-state index contributed by atoms with van der Waals surface area (Å²) in [6, 6.07) is 18.3. The Kier molecular flexibility index (Phi) is 11.3. The second-order valence-electron chi connectivity index (χ2n) is 9.34. The lowest BCUT2D eigenvalue weighted by Crippen LogP contribution is -2.30. The van der Waals surface area contributed by atoms with Crippen molar-refractivity contribution in [3.63, 3.8) is 0 Å². The number of aromatic hydroxyl groups is 2. The summed E-state index contributed by atoms with van der Waals surface area (Å²) in [5.74, 6) is -0.0835. The molecule has 0 aromatic heterocycles. The van der Waals surface area contributed by atoms with Crippen LogP contribution >= 0.6 is 0 Å². The average Bonchev–Trinajstić information content (AvgIpc) is 2.95. The molecular weight excluding hydrogens is 540 g/mol. The van der Waals surface area contributed by atoms with E-state index < -0.39 is 11.1 Å². The third-order valence-corrected chi connectivity index (χ3v) is 7.56. The fraction of sp³-hybridized carbons (Fsp3) is 0.323. The minimum Gasteiger partial charge on any atom is -0.506 e. The topological polar surface area (TPSA) is 114 Å². The lowest BCUT2D eigenvalue weighted by Gasteiger charge is -2.20. The van der Waals surface area contributed by atoms with Gasteiger partial charge in [0.2, 0.25) is 11.1 Å². The van der Waals surface area contributed by atoms with E-state index in [4.69, 9.17) is 4.28 Å². The molecule has 0 radical (unpaired) electrons. The van der Waals surface area contributed by atoms with Crippen LogP contribution in [-0.4, -0.2) is 70.6 Å². The third-order valence-electron chi connectivity index (χ3n) is 6.44. The highest BCUT2D eigenvalue weighted by Gasteiger charge is 2.19. The van der Waals surface area contributed by atoms with Crippen molar-refractivity contribution in [3.8, 4) is 11.5 Å². The van der Waals surface area contributed by atoms with Crippen LogP contribution in [0.4, 0.5) is 11.4 Å². The highest BCUT2D eigenvalue weighted by atomic mass is 32.2. The Morgan fingerprint density at radius 3 is 1.76 bits per heavy atom. The van der Waals surface area contributed by atoms with E-state index in [1.54, 1.807) is 37.2 Å². The molecule has 0 bridgehead atoms. The Morgan fingerprint density at radius 1 is 0.756 bits per heavy atom. The number of fused-ring (bicyclic) bond motifs is 2. The average molecular weight is 581 g/mol. The molecule has 41 heavy (non-hydrogen) atoms. The van der Waals surface area contributed by atoms with Crippen LogP contribution in [-0.2, 0) is 15.4 Å². The number of amides is 1. The number of phenolic OH excluding ortho intramolecular Hbond substituents is 2. The summed E-state index contributed by atoms with van der Waals surface area (Å²) < 4.78 is 17.1. The van der Waals surface area contributed by atoms with Gasteiger partial charge in [0.15, 0.2) is 0 Å². The molecule has 220 valence electrons. The van der Waals surface area contributed by atoms with Gasteiger partial charge in [-0.25, -0.2) is 4.21 Å². The summed E-state index contributed by atoms with van der Waals surface area (Å²) in [4.78, 5) is 14.4. The van der Waals surface area contributed by atoms with Crippen molar-refractivity contribution in [2.24, 2.45) is 0 Å². The number of rotatable bonds is 10. The van der Waals surface area contributed by atoms with Crippen LogP contribution < -0.4 is 10.6 Å². The third kappa shape index (κ3) is 7.27. The monoisotopic (exact) mass is 580 g/mol. The quantitative estimate of drug-likeness (QED) is 0.170. The maximum atomic E-state index is 12.4. The van der Waals surface area contributed by atoms with Gasteiger partial charge in [-0.15, -0.1) is 0 Å². The SMILES string of the molecule is CCNc1cccc2c(O)c(C(=O)N(CC)CC)ccc12.CCNc1cccc2c(O)c(S(=O)ON(C)C)ccc12. The zero-order valence-electron chi connectivity index (χ0n) is 24.5. The molecule has 0 aliphatic rings. The van der Waals surface area contributed by atoms with E-state index >= 15 is 0 Å². The first-order chi connectivity index (χ1) is 19.7. The van der Waals surface area contributed by atoms with Crippen LogP contribution in [0.1, 0.15) is 38.1 Å². The molecule has 0 heterocycles. The predicted molar refractivity (Wildman–Crippen MR) is 168 cm³/mol. The lowest BCUT2D eigenvalue weighted by molar-refractivity contribution is 0.0136. The fourth-order valence-corrected chi connectivity index (χ4v) is 5.31. The smallest absolute Gasteiger partial charge is 0.257 e. The maximum absolute atomic E-state index is 12.4. The first-order valence-electron chi connectivity index (χ1n) is 13.7. The molecule has 9 nitrogen and oxygen atoms in total. The van der Waals surface area contributed by atoms with Crippen LogP contribution in [0.5, 0.6) is 11.5 Å². The van der Waals surface area contributed by atoms with Gasteiger partial charge >= 0.3 is 0 Å². The first-order valence-corrected chi connectivity index (χ1v) is 14.8. The normalized spacial score (nSPS) is 11.7. The van der Waals surface area contributed by atoms with E-state index in [-0.39, 0.29) is 22.3 Å². The highest BCUT2D eigenvalue weighted by molar-refractivity contribution is 7.80. The molecule has 0 spiro atoms. The maximum Gasteiger partial charge on any atom is 0.257 e. The van der Waals surface area contributed by atoms with Gasteiger partial charge in [-0.1, -0.05) is 36.4 Å². The number of benzene rings is 4. The minimum absolute atomic E-state index is 0.0116. The minimum atomic E-state index is -1.74. The molecule has 0 saturated carbocycles. The number of hydrogen-bond acceptors (Lipinski definition) is 8. The van der Waals surface area contributed by atoms with Crippen molar-refractivity contribution < 1.29 is 23.5 Å². The van der Waals surface area contributed by atoms with Gasteiger partial charge in [-0.3, -0.25) is 4.79 Å². The van der Waals surface area contributed by atoms with Crippen LogP contribution in [0.2, 0.25) is 0 Å². The summed E-state index contributed by atoms with van der Waals surface area (Å²) in [7, 11) is 3.28. The molecular formula is C31H40N4O5S. The fourth-order valence-electron chi connectivity index (χ4n) is 4.52. The van der Waals surface area contributed by atoms with Crippen LogP contribution in [0, 0.1) is 0 Å². The van der Waals surface area contributed by atoms with Crippen molar-refractivity contribution in [1.29, 1.82) is 0 Å². The van der Waals surface area contributed by atoms with E-state index in [0.29, 0.717) is 29.4 Å². The van der Waals surface area contributed by atoms with Crippen LogP contribution in [0.3, 0.4) is 0 Å². The number of carbonyl (C=O) groups is 1. The molecule has 4 rings (SSSR count). The number of hydrogen-bond donors (Lipinski definition) is 4. The van der Waals surface area contributed by atoms with E-state index in [2.05, 4.69) is 10.6 Å². The van der Waals surface area contributed by atoms with Crippen molar-refractivity contribution in [2.45, 2.75) is 32.6 Å². The first kappa shape index (κ1) is 31.7. The number of hydroxylamine groups is 2. The van der Waals surface area contributed by atoms with Gasteiger partial charge in [-0.2, -0.15) is 9.35 Å². The molecule has 4 N–H and O–H groups in total. The molecule has 0 aliphatic heterocycles. The molecule has 1 atom stereocenters. The molecule has 0 saturated heterocycles. The highest BCUT2D eigenvalue weighted by Crippen LogP contribution is 2.35. The molecule has 10 heteroatoms. The van der Waals surface area contributed by atoms with Gasteiger partial charge in [0, 0.05) is 73.2 Å². The van der Waals surface area contributed by atoms with Gasteiger partial charge in [0.1, 0.15) is 16.4 Å². The number of anilines is 2.